The molecule has 3 heterocycles. The van der Waals surface area contributed by atoms with E-state index in [0.29, 0.717) is 12.5 Å². The first kappa shape index (κ1) is 18.5. The number of ether oxygens (including phenoxy) is 1. The minimum atomic E-state index is 0.615. The molecule has 0 radical (unpaired) electrons. The molecular weight excluding hydrogens is 352 g/mol. The van der Waals surface area contributed by atoms with E-state index in [4.69, 9.17) is 14.1 Å². The van der Waals surface area contributed by atoms with Crippen LogP contribution in [0.5, 0.6) is 5.75 Å². The minimum absolute atomic E-state index is 0.615. The Bertz CT molecular complexity index is 902. The highest BCUT2D eigenvalue weighted by Gasteiger charge is 2.21. The quantitative estimate of drug-likeness (QED) is 0.651. The number of benzene rings is 1. The van der Waals surface area contributed by atoms with Crippen LogP contribution >= 0.6 is 0 Å². The van der Waals surface area contributed by atoms with Crippen molar-refractivity contribution in [1.82, 2.24) is 14.9 Å². The van der Waals surface area contributed by atoms with Crippen molar-refractivity contribution >= 4 is 5.82 Å². The lowest BCUT2D eigenvalue weighted by molar-refractivity contribution is 0.245. The van der Waals surface area contributed by atoms with E-state index in [1.54, 1.807) is 0 Å². The van der Waals surface area contributed by atoms with Gasteiger partial charge < -0.3 is 14.1 Å². The summed E-state index contributed by atoms with van der Waals surface area (Å²) in [5, 5.41) is 0. The third kappa shape index (κ3) is 4.02. The highest BCUT2D eigenvalue weighted by Crippen LogP contribution is 2.31. The van der Waals surface area contributed by atoms with Crippen molar-refractivity contribution in [1.29, 1.82) is 0 Å². The largest absolute Gasteiger partial charge is 0.493 e. The van der Waals surface area contributed by atoms with Crippen molar-refractivity contribution in [3.63, 3.8) is 0 Å². The maximum Gasteiger partial charge on any atom is 0.230 e. The van der Waals surface area contributed by atoms with Crippen molar-refractivity contribution in [2.75, 3.05) is 37.7 Å². The van der Waals surface area contributed by atoms with Crippen LogP contribution in [-0.4, -0.2) is 47.7 Å². The predicted octanol–water partition coefficient (Wildman–Crippen LogP) is 3.77. The van der Waals surface area contributed by atoms with E-state index in [1.165, 1.54) is 0 Å². The molecule has 0 N–H and O–H groups in total. The topological polar surface area (TPSA) is 54.6 Å². The Morgan fingerprint density at radius 1 is 1.04 bits per heavy atom. The second-order valence-electron chi connectivity index (χ2n) is 6.90. The third-order valence-corrected chi connectivity index (χ3v) is 5.03. The average Bonchev–Trinajstić information content (AvgIpc) is 3.10. The fourth-order valence-electron chi connectivity index (χ4n) is 3.50. The first-order valence-corrected chi connectivity index (χ1v) is 9.81. The lowest BCUT2D eigenvalue weighted by Gasteiger charge is -2.35. The van der Waals surface area contributed by atoms with Crippen molar-refractivity contribution in [2.24, 2.45) is 0 Å². The summed E-state index contributed by atoms with van der Waals surface area (Å²) in [5.41, 5.74) is 1.89. The fraction of sp³-hybridized carbons (Fsp3) is 0.364. The van der Waals surface area contributed by atoms with Gasteiger partial charge in [0.15, 0.2) is 0 Å². The molecule has 2 aromatic heterocycles. The first-order chi connectivity index (χ1) is 13.7. The monoisotopic (exact) mass is 378 g/mol. The number of pyridine rings is 1. The summed E-state index contributed by atoms with van der Waals surface area (Å²) in [6.07, 6.45) is 1.85. The normalized spacial score (nSPS) is 15.0. The van der Waals surface area contributed by atoms with Gasteiger partial charge >= 0.3 is 0 Å². The van der Waals surface area contributed by atoms with E-state index in [1.807, 2.05) is 56.4 Å². The zero-order valence-electron chi connectivity index (χ0n) is 16.5. The summed E-state index contributed by atoms with van der Waals surface area (Å²) >= 11 is 0. The van der Waals surface area contributed by atoms with Crippen LogP contribution in [-0.2, 0) is 6.54 Å². The third-order valence-electron chi connectivity index (χ3n) is 5.03. The Morgan fingerprint density at radius 2 is 1.82 bits per heavy atom. The van der Waals surface area contributed by atoms with Crippen LogP contribution in [0.15, 0.2) is 53.1 Å². The van der Waals surface area contributed by atoms with Gasteiger partial charge in [0.25, 0.3) is 0 Å². The van der Waals surface area contributed by atoms with E-state index >= 15 is 0 Å². The molecule has 1 fully saturated rings. The molecule has 6 nitrogen and oxygen atoms in total. The lowest BCUT2D eigenvalue weighted by Crippen LogP contribution is -2.46. The van der Waals surface area contributed by atoms with E-state index in [0.717, 1.165) is 61.3 Å². The molecule has 0 unspecified atom stereocenters. The van der Waals surface area contributed by atoms with Crippen LogP contribution in [0.25, 0.3) is 11.5 Å². The van der Waals surface area contributed by atoms with Crippen LogP contribution in [0, 0.1) is 6.92 Å². The highest BCUT2D eigenvalue weighted by molar-refractivity contribution is 5.63. The summed E-state index contributed by atoms with van der Waals surface area (Å²) in [7, 11) is 0. The number of oxazole rings is 1. The summed E-state index contributed by atoms with van der Waals surface area (Å²) in [6.45, 7) is 9.27. The van der Waals surface area contributed by atoms with E-state index in [2.05, 4.69) is 20.9 Å². The standard InChI is InChI=1S/C22H26N4O2/c1-3-27-20-9-5-4-8-18(20)22-24-19(17(2)28-22)16-25-12-14-26(15-13-25)21-10-6-7-11-23-21/h4-11H,3,12-16H2,1-2H3. The molecular formula is C22H26N4O2. The molecule has 3 aromatic rings. The summed E-state index contributed by atoms with van der Waals surface area (Å²) in [4.78, 5) is 14.0. The van der Waals surface area contributed by atoms with Gasteiger partial charge in [0, 0.05) is 38.9 Å². The van der Waals surface area contributed by atoms with Gasteiger partial charge in [-0.05, 0) is 38.1 Å². The molecule has 1 aliphatic rings. The summed E-state index contributed by atoms with van der Waals surface area (Å²) < 4.78 is 11.7. The van der Waals surface area contributed by atoms with Crippen LogP contribution in [0.4, 0.5) is 5.82 Å². The average molecular weight is 378 g/mol. The molecule has 0 bridgehead atoms. The van der Waals surface area contributed by atoms with Gasteiger partial charge in [-0.1, -0.05) is 18.2 Å². The molecule has 0 amide bonds. The Hall–Kier alpha value is -2.86. The lowest BCUT2D eigenvalue weighted by atomic mass is 10.2. The SMILES string of the molecule is CCOc1ccccc1-c1nc(CN2CCN(c3ccccn3)CC2)c(C)o1. The van der Waals surface area contributed by atoms with Crippen LogP contribution in [0.3, 0.4) is 0 Å². The van der Waals surface area contributed by atoms with Crippen molar-refractivity contribution in [3.8, 4) is 17.2 Å². The number of nitrogens with zero attached hydrogens (tertiary/aromatic N) is 4. The molecule has 6 heteroatoms. The van der Waals surface area contributed by atoms with Gasteiger partial charge in [-0.15, -0.1) is 0 Å². The van der Waals surface area contributed by atoms with E-state index in [-0.39, 0.29) is 0 Å². The summed E-state index contributed by atoms with van der Waals surface area (Å²) in [6, 6.07) is 13.9. The molecule has 1 aromatic carbocycles. The Balaban J connectivity index is 1.43. The Morgan fingerprint density at radius 3 is 2.57 bits per heavy atom. The number of hydrogen-bond acceptors (Lipinski definition) is 6. The van der Waals surface area contributed by atoms with Gasteiger partial charge in [-0.3, -0.25) is 4.90 Å². The van der Waals surface area contributed by atoms with Gasteiger partial charge in [0.1, 0.15) is 17.3 Å². The van der Waals surface area contributed by atoms with Crippen LogP contribution in [0.1, 0.15) is 18.4 Å². The van der Waals surface area contributed by atoms with Crippen molar-refractivity contribution in [2.45, 2.75) is 20.4 Å². The number of aryl methyl sites for hydroxylation is 1. The number of para-hydroxylation sites is 1. The zero-order chi connectivity index (χ0) is 19.3. The molecule has 0 spiro atoms. The van der Waals surface area contributed by atoms with Gasteiger partial charge in [0.05, 0.1) is 17.9 Å². The first-order valence-electron chi connectivity index (χ1n) is 9.81. The maximum atomic E-state index is 5.98. The molecule has 1 aliphatic heterocycles. The number of rotatable bonds is 6. The van der Waals surface area contributed by atoms with Crippen LogP contribution in [0.2, 0.25) is 0 Å². The maximum absolute atomic E-state index is 5.98. The number of anilines is 1. The number of aromatic nitrogens is 2. The number of hydrogen-bond donors (Lipinski definition) is 0. The molecule has 146 valence electrons. The number of piperazine rings is 1. The van der Waals surface area contributed by atoms with E-state index in [9.17, 15) is 0 Å². The van der Waals surface area contributed by atoms with Gasteiger partial charge in [-0.2, -0.15) is 0 Å². The van der Waals surface area contributed by atoms with Crippen LogP contribution < -0.4 is 9.64 Å². The Labute approximate surface area is 165 Å². The zero-order valence-corrected chi connectivity index (χ0v) is 16.5. The molecule has 1 saturated heterocycles. The van der Waals surface area contributed by atoms with Crippen molar-refractivity contribution in [3.05, 3.63) is 60.1 Å². The van der Waals surface area contributed by atoms with Crippen molar-refractivity contribution < 1.29 is 9.15 Å². The molecule has 0 atom stereocenters. The second-order valence-corrected chi connectivity index (χ2v) is 6.90. The van der Waals surface area contributed by atoms with Gasteiger partial charge in [-0.25, -0.2) is 9.97 Å². The summed E-state index contributed by atoms with van der Waals surface area (Å²) in [5.74, 6) is 3.36. The van der Waals surface area contributed by atoms with E-state index < -0.39 is 0 Å². The molecule has 0 aliphatic carbocycles. The predicted molar refractivity (Wildman–Crippen MR) is 110 cm³/mol. The molecule has 0 saturated carbocycles. The Kier molecular flexibility index (Phi) is 5.58. The fourth-order valence-corrected chi connectivity index (χ4v) is 3.50. The smallest absolute Gasteiger partial charge is 0.230 e. The molecule has 28 heavy (non-hydrogen) atoms. The minimum Gasteiger partial charge on any atom is -0.493 e. The van der Waals surface area contributed by atoms with Gasteiger partial charge in [0.2, 0.25) is 5.89 Å². The molecule has 4 rings (SSSR count). The second kappa shape index (κ2) is 8.44. The highest BCUT2D eigenvalue weighted by atomic mass is 16.5.